The molecule has 6 aromatic rings. The molecule has 0 fully saturated rings. The highest BCUT2D eigenvalue weighted by Crippen LogP contribution is 2.41. The van der Waals surface area contributed by atoms with E-state index in [1.807, 2.05) is 23.5 Å². The van der Waals surface area contributed by atoms with Crippen LogP contribution in [0.15, 0.2) is 89.4 Å². The Kier molecular flexibility index (Phi) is 5.42. The molecule has 0 saturated heterocycles. The zero-order valence-corrected chi connectivity index (χ0v) is 23.8. The van der Waals surface area contributed by atoms with Crippen molar-refractivity contribution in [2.45, 2.75) is 38.0 Å². The van der Waals surface area contributed by atoms with Crippen molar-refractivity contribution in [3.8, 4) is 11.4 Å². The van der Waals surface area contributed by atoms with Crippen molar-refractivity contribution in [1.29, 1.82) is 0 Å². The van der Waals surface area contributed by atoms with Gasteiger partial charge in [0.05, 0.1) is 0 Å². The van der Waals surface area contributed by atoms with Crippen molar-refractivity contribution in [2.24, 2.45) is 0 Å². The molecule has 3 aromatic heterocycles. The number of benzene rings is 3. The zero-order chi connectivity index (χ0) is 27.6. The third-order valence-corrected chi connectivity index (χ3v) is 9.98. The van der Waals surface area contributed by atoms with Crippen LogP contribution in [-0.2, 0) is 19.3 Å². The summed E-state index contributed by atoms with van der Waals surface area (Å²) in [5, 5.41) is 2.45. The maximum Gasteiger partial charge on any atom is 0.164 e. The molecule has 3 aromatic carbocycles. The second kappa shape index (κ2) is 9.47. The number of nitrogens with zero attached hydrogens (tertiary/aromatic N) is 3. The minimum absolute atomic E-state index is 0.0772. The highest BCUT2D eigenvalue weighted by atomic mass is 32.1. The SMILES string of the molecule is C1=Cc2cc(-c3nc(C4=CCCc5oc6ccccc6c54)nc(C4C=Cc5c(sc6ccccc56)C4)n3)ccc2CC1. The lowest BCUT2D eigenvalue weighted by molar-refractivity contribution is 0.545. The van der Waals surface area contributed by atoms with Gasteiger partial charge in [-0.1, -0.05) is 78.9 Å². The molecule has 4 nitrogen and oxygen atoms in total. The van der Waals surface area contributed by atoms with E-state index in [-0.39, 0.29) is 5.92 Å². The van der Waals surface area contributed by atoms with Crippen molar-refractivity contribution in [3.63, 3.8) is 0 Å². The fourth-order valence-electron chi connectivity index (χ4n) is 6.70. The summed E-state index contributed by atoms with van der Waals surface area (Å²) in [4.78, 5) is 16.9. The molecule has 3 heterocycles. The van der Waals surface area contributed by atoms with Gasteiger partial charge in [0.2, 0.25) is 0 Å². The van der Waals surface area contributed by atoms with Crippen LogP contribution in [-0.4, -0.2) is 15.0 Å². The Labute approximate surface area is 247 Å². The van der Waals surface area contributed by atoms with E-state index in [9.17, 15) is 0 Å². The summed E-state index contributed by atoms with van der Waals surface area (Å²) in [7, 11) is 0. The summed E-state index contributed by atoms with van der Waals surface area (Å²) in [6, 6.07) is 23.6. The molecular formula is C37H27N3OS. The van der Waals surface area contributed by atoms with Crippen LogP contribution in [0.25, 0.3) is 50.2 Å². The van der Waals surface area contributed by atoms with Gasteiger partial charge in [0, 0.05) is 44.0 Å². The Morgan fingerprint density at radius 3 is 2.67 bits per heavy atom. The molecule has 5 heteroatoms. The van der Waals surface area contributed by atoms with Gasteiger partial charge in [-0.3, -0.25) is 0 Å². The van der Waals surface area contributed by atoms with Crippen LogP contribution in [0, 0.1) is 0 Å². The second-order valence-electron chi connectivity index (χ2n) is 11.4. The summed E-state index contributed by atoms with van der Waals surface area (Å²) in [6.07, 6.45) is 16.2. The van der Waals surface area contributed by atoms with Crippen molar-refractivity contribution in [1.82, 2.24) is 15.0 Å². The lowest BCUT2D eigenvalue weighted by atomic mass is 9.92. The van der Waals surface area contributed by atoms with Crippen LogP contribution in [0.1, 0.15) is 63.3 Å². The molecule has 0 spiro atoms. The molecule has 1 unspecified atom stereocenters. The second-order valence-corrected chi connectivity index (χ2v) is 12.5. The normalized spacial score (nSPS) is 17.2. The van der Waals surface area contributed by atoms with Gasteiger partial charge in [0.25, 0.3) is 0 Å². The molecule has 1 atom stereocenters. The summed E-state index contributed by atoms with van der Waals surface area (Å²) in [6.45, 7) is 0. The highest BCUT2D eigenvalue weighted by Gasteiger charge is 2.27. The van der Waals surface area contributed by atoms with Gasteiger partial charge < -0.3 is 4.42 Å². The monoisotopic (exact) mass is 561 g/mol. The van der Waals surface area contributed by atoms with E-state index < -0.39 is 0 Å². The molecule has 0 N–H and O–H groups in total. The Morgan fingerprint density at radius 2 is 1.69 bits per heavy atom. The van der Waals surface area contributed by atoms with Gasteiger partial charge in [0.15, 0.2) is 11.6 Å². The standard InChI is InChI=1S/C37H27N3OS/c1-2-9-23-20-24(17-16-22(23)8-1)35-38-36(25-18-19-27-26-10-4-6-15-32(26)42-33(27)21-25)40-37(39-35)29-12-7-14-31-34(29)28-11-3-5-13-30(28)41-31/h2-6,9-13,15-20,25H,1,7-8,14,21H2. The molecule has 0 saturated carbocycles. The first-order valence-corrected chi connectivity index (χ1v) is 15.6. The molecule has 0 aliphatic heterocycles. The van der Waals surface area contributed by atoms with Crippen LogP contribution in [0.3, 0.4) is 0 Å². The van der Waals surface area contributed by atoms with E-state index in [1.165, 1.54) is 31.7 Å². The maximum atomic E-state index is 6.30. The molecule has 0 bridgehead atoms. The molecule has 3 aliphatic rings. The number of aromatic nitrogens is 3. The number of allylic oxidation sites excluding steroid dienone is 3. The van der Waals surface area contributed by atoms with Crippen molar-refractivity contribution >= 4 is 50.1 Å². The lowest BCUT2D eigenvalue weighted by Crippen LogP contribution is -2.13. The maximum absolute atomic E-state index is 6.30. The van der Waals surface area contributed by atoms with Gasteiger partial charge in [-0.05, 0) is 66.0 Å². The Bertz CT molecular complexity index is 2140. The molecule has 42 heavy (non-hydrogen) atoms. The Hall–Kier alpha value is -4.61. The predicted molar refractivity (Wildman–Crippen MR) is 172 cm³/mol. The van der Waals surface area contributed by atoms with Crippen LogP contribution >= 0.6 is 11.3 Å². The van der Waals surface area contributed by atoms with E-state index in [1.54, 1.807) is 0 Å². The fraction of sp³-hybridized carbons (Fsp3) is 0.162. The Morgan fingerprint density at radius 1 is 0.810 bits per heavy atom. The summed E-state index contributed by atoms with van der Waals surface area (Å²) < 4.78 is 7.64. The van der Waals surface area contributed by atoms with Crippen LogP contribution < -0.4 is 0 Å². The zero-order valence-electron chi connectivity index (χ0n) is 23.0. The van der Waals surface area contributed by atoms with Crippen molar-refractivity contribution in [3.05, 3.63) is 129 Å². The first-order chi connectivity index (χ1) is 20.8. The van der Waals surface area contributed by atoms with Gasteiger partial charge in [-0.15, -0.1) is 11.3 Å². The number of fused-ring (bicyclic) bond motifs is 7. The lowest BCUT2D eigenvalue weighted by Gasteiger charge is -2.19. The minimum atomic E-state index is 0.0772. The average Bonchev–Trinajstić information content (AvgIpc) is 3.62. The third-order valence-electron chi connectivity index (χ3n) is 8.78. The molecular weight excluding hydrogens is 534 g/mol. The van der Waals surface area contributed by atoms with E-state index in [4.69, 9.17) is 19.4 Å². The average molecular weight is 562 g/mol. The molecule has 0 amide bonds. The number of furan rings is 1. The number of rotatable bonds is 3. The largest absolute Gasteiger partial charge is 0.460 e. The predicted octanol–water partition coefficient (Wildman–Crippen LogP) is 9.19. The molecule has 0 radical (unpaired) electrons. The number of hydrogen-bond acceptors (Lipinski definition) is 5. The number of hydrogen-bond donors (Lipinski definition) is 0. The Balaban J connectivity index is 1.20. The topological polar surface area (TPSA) is 51.8 Å². The first kappa shape index (κ1) is 24.0. The highest BCUT2D eigenvalue weighted by molar-refractivity contribution is 7.19. The minimum Gasteiger partial charge on any atom is -0.460 e. The summed E-state index contributed by atoms with van der Waals surface area (Å²) in [5.41, 5.74) is 8.10. The molecule has 202 valence electrons. The fourth-order valence-corrected chi connectivity index (χ4v) is 7.95. The van der Waals surface area contributed by atoms with Gasteiger partial charge in [-0.2, -0.15) is 0 Å². The van der Waals surface area contributed by atoms with Gasteiger partial charge in [-0.25, -0.2) is 15.0 Å². The number of para-hydroxylation sites is 1. The van der Waals surface area contributed by atoms with E-state index in [0.29, 0.717) is 0 Å². The van der Waals surface area contributed by atoms with Crippen molar-refractivity contribution < 1.29 is 4.42 Å². The molecule has 9 rings (SSSR count). The van der Waals surface area contributed by atoms with E-state index >= 15 is 0 Å². The quantitative estimate of drug-likeness (QED) is 0.216. The number of aryl methyl sites for hydroxylation is 2. The summed E-state index contributed by atoms with van der Waals surface area (Å²) in [5.74, 6) is 3.37. The number of thiophene rings is 1. The van der Waals surface area contributed by atoms with E-state index in [0.717, 1.165) is 83.0 Å². The van der Waals surface area contributed by atoms with Crippen LogP contribution in [0.2, 0.25) is 0 Å². The van der Waals surface area contributed by atoms with Crippen molar-refractivity contribution in [2.75, 3.05) is 0 Å². The van der Waals surface area contributed by atoms with Gasteiger partial charge in [0.1, 0.15) is 17.2 Å². The van der Waals surface area contributed by atoms with Gasteiger partial charge >= 0.3 is 0 Å². The summed E-state index contributed by atoms with van der Waals surface area (Å²) >= 11 is 1.89. The first-order valence-electron chi connectivity index (χ1n) is 14.7. The smallest absolute Gasteiger partial charge is 0.164 e. The van der Waals surface area contributed by atoms with Crippen LogP contribution in [0.5, 0.6) is 0 Å². The third kappa shape index (κ3) is 3.84. The van der Waals surface area contributed by atoms with E-state index in [2.05, 4.69) is 85.0 Å². The molecule has 3 aliphatic carbocycles. The van der Waals surface area contributed by atoms with Crippen LogP contribution in [0.4, 0.5) is 0 Å².